The number of benzene rings is 1. The summed E-state index contributed by atoms with van der Waals surface area (Å²) in [6, 6.07) is 5.36. The standard InChI is InChI=1S/C11H14ClIN2O.ClH/c1-14-5-6-15(2)11(16)8-3-4-10(13)9(12)7-8;/h3-4,7,14H,5-6H2,1-2H3;1H. The first-order valence-corrected chi connectivity index (χ1v) is 6.37. The summed E-state index contributed by atoms with van der Waals surface area (Å²) >= 11 is 8.11. The van der Waals surface area contributed by atoms with Gasteiger partial charge in [-0.15, -0.1) is 12.4 Å². The molecular weight excluding hydrogens is 374 g/mol. The maximum absolute atomic E-state index is 12.0. The van der Waals surface area contributed by atoms with Gasteiger partial charge in [-0.2, -0.15) is 0 Å². The summed E-state index contributed by atoms with van der Waals surface area (Å²) in [7, 11) is 3.64. The summed E-state index contributed by atoms with van der Waals surface area (Å²) in [5.74, 6) is -0.00597. The molecule has 1 aromatic carbocycles. The molecule has 96 valence electrons. The minimum Gasteiger partial charge on any atom is -0.340 e. The predicted octanol–water partition coefficient (Wildman–Crippen LogP) is 2.66. The molecule has 0 spiro atoms. The van der Waals surface area contributed by atoms with Crippen LogP contribution in [0.5, 0.6) is 0 Å². The molecule has 0 fully saturated rings. The Kier molecular flexibility index (Phi) is 8.11. The van der Waals surface area contributed by atoms with Gasteiger partial charge in [-0.1, -0.05) is 11.6 Å². The van der Waals surface area contributed by atoms with Crippen molar-refractivity contribution >= 4 is 52.5 Å². The highest BCUT2D eigenvalue weighted by molar-refractivity contribution is 14.1. The van der Waals surface area contributed by atoms with Gasteiger partial charge in [-0.05, 0) is 47.8 Å². The van der Waals surface area contributed by atoms with Crippen LogP contribution in [-0.2, 0) is 0 Å². The summed E-state index contributed by atoms with van der Waals surface area (Å²) in [5.41, 5.74) is 0.629. The molecule has 1 rings (SSSR count). The smallest absolute Gasteiger partial charge is 0.253 e. The third-order valence-corrected chi connectivity index (χ3v) is 3.78. The molecule has 0 saturated carbocycles. The number of carbonyl (C=O) groups excluding carboxylic acids is 1. The van der Waals surface area contributed by atoms with E-state index in [4.69, 9.17) is 11.6 Å². The van der Waals surface area contributed by atoms with Crippen molar-refractivity contribution in [2.75, 3.05) is 27.2 Å². The van der Waals surface area contributed by atoms with Gasteiger partial charge in [0.2, 0.25) is 0 Å². The number of amides is 1. The first-order chi connectivity index (χ1) is 7.56. The lowest BCUT2D eigenvalue weighted by molar-refractivity contribution is 0.0797. The minimum absolute atomic E-state index is 0. The number of nitrogens with one attached hydrogen (secondary N) is 1. The van der Waals surface area contributed by atoms with Gasteiger partial charge >= 0.3 is 0 Å². The number of hydrogen-bond donors (Lipinski definition) is 1. The van der Waals surface area contributed by atoms with E-state index in [2.05, 4.69) is 27.9 Å². The average molecular weight is 389 g/mol. The van der Waals surface area contributed by atoms with Crippen molar-refractivity contribution in [1.29, 1.82) is 0 Å². The molecule has 3 nitrogen and oxygen atoms in total. The second-order valence-corrected chi connectivity index (χ2v) is 5.03. The SMILES string of the molecule is CNCCN(C)C(=O)c1ccc(I)c(Cl)c1.Cl. The van der Waals surface area contributed by atoms with Crippen LogP contribution in [0.2, 0.25) is 5.02 Å². The van der Waals surface area contributed by atoms with Crippen molar-refractivity contribution in [2.24, 2.45) is 0 Å². The summed E-state index contributed by atoms with van der Waals surface area (Å²) in [6.07, 6.45) is 0. The van der Waals surface area contributed by atoms with Crippen LogP contribution in [0.3, 0.4) is 0 Å². The van der Waals surface area contributed by atoms with Gasteiger partial charge in [0.25, 0.3) is 5.91 Å². The average Bonchev–Trinajstić information content (AvgIpc) is 2.28. The van der Waals surface area contributed by atoms with Crippen molar-refractivity contribution in [3.05, 3.63) is 32.4 Å². The molecule has 1 N–H and O–H groups in total. The van der Waals surface area contributed by atoms with Crippen molar-refractivity contribution in [3.63, 3.8) is 0 Å². The second-order valence-electron chi connectivity index (χ2n) is 3.46. The fraction of sp³-hybridized carbons (Fsp3) is 0.364. The van der Waals surface area contributed by atoms with E-state index in [-0.39, 0.29) is 18.3 Å². The van der Waals surface area contributed by atoms with Crippen LogP contribution in [0.1, 0.15) is 10.4 Å². The largest absolute Gasteiger partial charge is 0.340 e. The van der Waals surface area contributed by atoms with E-state index in [1.54, 1.807) is 24.1 Å². The number of rotatable bonds is 4. The lowest BCUT2D eigenvalue weighted by atomic mass is 10.2. The van der Waals surface area contributed by atoms with Crippen LogP contribution < -0.4 is 5.32 Å². The van der Waals surface area contributed by atoms with E-state index >= 15 is 0 Å². The van der Waals surface area contributed by atoms with Crippen LogP contribution in [0.15, 0.2) is 18.2 Å². The Morgan fingerprint density at radius 3 is 2.71 bits per heavy atom. The molecule has 0 bridgehead atoms. The van der Waals surface area contributed by atoms with Gasteiger partial charge in [0, 0.05) is 29.3 Å². The van der Waals surface area contributed by atoms with Crippen LogP contribution in [0, 0.1) is 3.57 Å². The quantitative estimate of drug-likeness (QED) is 0.804. The maximum Gasteiger partial charge on any atom is 0.253 e. The summed E-state index contributed by atoms with van der Waals surface area (Å²) < 4.78 is 0.952. The zero-order chi connectivity index (χ0) is 12.1. The number of carbonyl (C=O) groups is 1. The molecule has 0 aliphatic heterocycles. The van der Waals surface area contributed by atoms with Crippen molar-refractivity contribution < 1.29 is 4.79 Å². The van der Waals surface area contributed by atoms with Crippen LogP contribution in [0.4, 0.5) is 0 Å². The zero-order valence-corrected chi connectivity index (χ0v) is 13.4. The van der Waals surface area contributed by atoms with E-state index in [0.717, 1.165) is 10.1 Å². The molecular formula is C11H15Cl2IN2O. The van der Waals surface area contributed by atoms with Crippen molar-refractivity contribution in [3.8, 4) is 0 Å². The fourth-order valence-electron chi connectivity index (χ4n) is 1.23. The molecule has 0 heterocycles. The Hall–Kier alpha value is -0.0400. The fourth-order valence-corrected chi connectivity index (χ4v) is 1.75. The lowest BCUT2D eigenvalue weighted by Crippen LogP contribution is -2.32. The van der Waals surface area contributed by atoms with Gasteiger partial charge in [-0.3, -0.25) is 4.79 Å². The second kappa shape index (κ2) is 8.13. The summed E-state index contributed by atoms with van der Waals surface area (Å²) in [5, 5.41) is 3.62. The molecule has 0 saturated heterocycles. The van der Waals surface area contributed by atoms with E-state index < -0.39 is 0 Å². The van der Waals surface area contributed by atoms with Gasteiger partial charge < -0.3 is 10.2 Å². The number of likely N-dealkylation sites (N-methyl/N-ethyl adjacent to an activating group) is 2. The molecule has 0 aromatic heterocycles. The topological polar surface area (TPSA) is 32.3 Å². The summed E-state index contributed by atoms with van der Waals surface area (Å²) in [6.45, 7) is 1.46. The zero-order valence-electron chi connectivity index (χ0n) is 9.67. The molecule has 17 heavy (non-hydrogen) atoms. The first kappa shape index (κ1) is 17.0. The Morgan fingerprint density at radius 1 is 1.53 bits per heavy atom. The van der Waals surface area contributed by atoms with Gasteiger partial charge in [0.1, 0.15) is 0 Å². The monoisotopic (exact) mass is 388 g/mol. The Labute approximate surface area is 126 Å². The third kappa shape index (κ3) is 4.99. The molecule has 0 radical (unpaired) electrons. The summed E-state index contributed by atoms with van der Waals surface area (Å²) in [4.78, 5) is 13.6. The normalized spacial score (nSPS) is 9.65. The Bertz CT molecular complexity index is 388. The highest BCUT2D eigenvalue weighted by atomic mass is 127. The number of hydrogen-bond acceptors (Lipinski definition) is 2. The van der Waals surface area contributed by atoms with Gasteiger partial charge in [0.05, 0.1) is 5.02 Å². The number of nitrogens with zero attached hydrogens (tertiary/aromatic N) is 1. The van der Waals surface area contributed by atoms with Crippen LogP contribution >= 0.6 is 46.6 Å². The highest BCUT2D eigenvalue weighted by Gasteiger charge is 2.12. The van der Waals surface area contributed by atoms with Crippen LogP contribution in [-0.4, -0.2) is 38.0 Å². The van der Waals surface area contributed by atoms with Crippen molar-refractivity contribution in [1.82, 2.24) is 10.2 Å². The molecule has 0 aliphatic rings. The molecule has 0 unspecified atom stereocenters. The highest BCUT2D eigenvalue weighted by Crippen LogP contribution is 2.20. The molecule has 1 amide bonds. The third-order valence-electron chi connectivity index (χ3n) is 2.21. The van der Waals surface area contributed by atoms with E-state index in [0.29, 0.717) is 17.1 Å². The Balaban J connectivity index is 0.00000256. The van der Waals surface area contributed by atoms with E-state index in [1.807, 2.05) is 13.1 Å². The molecule has 0 atom stereocenters. The minimum atomic E-state index is -0.00597. The molecule has 1 aromatic rings. The lowest BCUT2D eigenvalue weighted by Gasteiger charge is -2.17. The number of halogens is 3. The van der Waals surface area contributed by atoms with Gasteiger partial charge in [-0.25, -0.2) is 0 Å². The van der Waals surface area contributed by atoms with Crippen molar-refractivity contribution in [2.45, 2.75) is 0 Å². The predicted molar refractivity (Wildman–Crippen MR) is 82.3 cm³/mol. The first-order valence-electron chi connectivity index (χ1n) is 4.91. The van der Waals surface area contributed by atoms with E-state index in [1.165, 1.54) is 0 Å². The molecule has 0 aliphatic carbocycles. The molecule has 6 heteroatoms. The maximum atomic E-state index is 12.0. The van der Waals surface area contributed by atoms with Gasteiger partial charge in [0.15, 0.2) is 0 Å². The van der Waals surface area contributed by atoms with E-state index in [9.17, 15) is 4.79 Å². The van der Waals surface area contributed by atoms with Crippen LogP contribution in [0.25, 0.3) is 0 Å². The Morgan fingerprint density at radius 2 is 2.18 bits per heavy atom.